The zero-order valence-corrected chi connectivity index (χ0v) is 12.2. The Labute approximate surface area is 110 Å². The quantitative estimate of drug-likeness (QED) is 0.662. The maximum Gasteiger partial charge on any atom is 0.302 e. The largest absolute Gasteiger partial charge is 0.462 e. The van der Waals surface area contributed by atoms with E-state index in [4.69, 9.17) is 4.74 Å². The smallest absolute Gasteiger partial charge is 0.302 e. The van der Waals surface area contributed by atoms with E-state index in [1.165, 1.54) is 25.7 Å². The van der Waals surface area contributed by atoms with Gasteiger partial charge in [0.05, 0.1) is 0 Å². The lowest BCUT2D eigenvalue weighted by Gasteiger charge is -2.48. The molecule has 0 bridgehead atoms. The molecular formula is C16H26O2. The third-order valence-corrected chi connectivity index (χ3v) is 6.38. The summed E-state index contributed by atoms with van der Waals surface area (Å²) in [6.45, 7) is 8.84. The zero-order chi connectivity index (χ0) is 13.1. The molecule has 18 heavy (non-hydrogen) atoms. The maximum absolute atomic E-state index is 11.3. The molecule has 3 aliphatic rings. The van der Waals surface area contributed by atoms with Gasteiger partial charge < -0.3 is 4.74 Å². The molecule has 0 aromatic heterocycles. The lowest BCUT2D eigenvalue weighted by molar-refractivity contribution is -0.157. The average Bonchev–Trinajstić information content (AvgIpc) is 2.76. The molecule has 0 amide bonds. The van der Waals surface area contributed by atoms with Crippen molar-refractivity contribution < 1.29 is 9.53 Å². The van der Waals surface area contributed by atoms with E-state index in [0.717, 1.165) is 18.3 Å². The molecule has 0 radical (unpaired) electrons. The summed E-state index contributed by atoms with van der Waals surface area (Å²) in [5.74, 6) is 2.32. The van der Waals surface area contributed by atoms with Crippen molar-refractivity contribution in [3.63, 3.8) is 0 Å². The van der Waals surface area contributed by atoms with Crippen molar-refractivity contribution in [1.29, 1.82) is 0 Å². The van der Waals surface area contributed by atoms with E-state index >= 15 is 0 Å². The monoisotopic (exact) mass is 250 g/mol. The molecule has 3 aliphatic carbocycles. The standard InChI is InChI=1S/C16H26O2/c1-10(17)18-14-6-5-7-16(4)9-13-11(8-12(14)16)15(13,2)3/h11-14H,5-9H2,1-4H3/t11-,12+,13+,14-,16+/m1/s1. The third kappa shape index (κ3) is 1.71. The summed E-state index contributed by atoms with van der Waals surface area (Å²) in [4.78, 5) is 11.3. The van der Waals surface area contributed by atoms with Crippen molar-refractivity contribution in [3.05, 3.63) is 0 Å². The van der Waals surface area contributed by atoms with Crippen molar-refractivity contribution in [2.75, 3.05) is 0 Å². The molecular weight excluding hydrogens is 224 g/mol. The Morgan fingerprint density at radius 1 is 1.17 bits per heavy atom. The van der Waals surface area contributed by atoms with Crippen LogP contribution in [0.25, 0.3) is 0 Å². The molecule has 0 aromatic carbocycles. The van der Waals surface area contributed by atoms with E-state index in [1.54, 1.807) is 6.92 Å². The second kappa shape index (κ2) is 3.74. The number of rotatable bonds is 1. The Hall–Kier alpha value is -0.530. The molecule has 0 heterocycles. The van der Waals surface area contributed by atoms with Gasteiger partial charge in [0.2, 0.25) is 0 Å². The second-order valence-corrected chi connectivity index (χ2v) is 7.77. The number of carbonyl (C=O) groups excluding carboxylic acids is 1. The molecule has 5 atom stereocenters. The van der Waals surface area contributed by atoms with Gasteiger partial charge in [-0.2, -0.15) is 0 Å². The van der Waals surface area contributed by atoms with E-state index < -0.39 is 0 Å². The van der Waals surface area contributed by atoms with Crippen LogP contribution < -0.4 is 0 Å². The number of ether oxygens (including phenoxy) is 1. The van der Waals surface area contributed by atoms with Crippen LogP contribution in [0.4, 0.5) is 0 Å². The van der Waals surface area contributed by atoms with Gasteiger partial charge in [0.25, 0.3) is 0 Å². The highest BCUT2D eigenvalue weighted by Gasteiger charge is 2.65. The van der Waals surface area contributed by atoms with Crippen LogP contribution in [-0.4, -0.2) is 12.1 Å². The van der Waals surface area contributed by atoms with Gasteiger partial charge in [-0.25, -0.2) is 0 Å². The number of esters is 1. The molecule has 0 aliphatic heterocycles. The minimum atomic E-state index is -0.0959. The molecule has 3 rings (SSSR count). The van der Waals surface area contributed by atoms with Gasteiger partial charge in [0.15, 0.2) is 0 Å². The van der Waals surface area contributed by atoms with E-state index in [0.29, 0.717) is 16.7 Å². The van der Waals surface area contributed by atoms with Crippen LogP contribution in [0.15, 0.2) is 0 Å². The Kier molecular flexibility index (Phi) is 2.60. The molecule has 3 saturated carbocycles. The first-order valence-electron chi connectivity index (χ1n) is 7.52. The van der Waals surface area contributed by atoms with E-state index in [-0.39, 0.29) is 12.1 Å². The van der Waals surface area contributed by atoms with Crippen LogP contribution in [0.5, 0.6) is 0 Å². The fourth-order valence-electron chi connectivity index (χ4n) is 5.09. The molecule has 0 saturated heterocycles. The molecule has 2 nitrogen and oxygen atoms in total. The lowest BCUT2D eigenvalue weighted by atomic mass is 9.59. The van der Waals surface area contributed by atoms with Gasteiger partial charge in [0, 0.05) is 12.8 Å². The highest BCUT2D eigenvalue weighted by Crippen LogP contribution is 2.71. The fourth-order valence-corrected chi connectivity index (χ4v) is 5.09. The topological polar surface area (TPSA) is 26.3 Å². The van der Waals surface area contributed by atoms with Gasteiger partial charge in [-0.15, -0.1) is 0 Å². The maximum atomic E-state index is 11.3. The average molecular weight is 250 g/mol. The third-order valence-electron chi connectivity index (χ3n) is 6.38. The zero-order valence-electron chi connectivity index (χ0n) is 12.2. The SMILES string of the molecule is CC(=O)O[C@@H]1CCC[C@@]2(C)C[C@H]3[C@@H](C[C@@H]12)C3(C)C. The van der Waals surface area contributed by atoms with Crippen molar-refractivity contribution in [3.8, 4) is 0 Å². The predicted molar refractivity (Wildman–Crippen MR) is 71.0 cm³/mol. The highest BCUT2D eigenvalue weighted by atomic mass is 16.5. The van der Waals surface area contributed by atoms with Crippen molar-refractivity contribution in [2.24, 2.45) is 28.6 Å². The van der Waals surface area contributed by atoms with Crippen molar-refractivity contribution >= 4 is 5.97 Å². The minimum Gasteiger partial charge on any atom is -0.462 e. The first kappa shape index (κ1) is 12.5. The van der Waals surface area contributed by atoms with Gasteiger partial charge >= 0.3 is 5.97 Å². The summed E-state index contributed by atoms with van der Waals surface area (Å²) in [6, 6.07) is 0. The Morgan fingerprint density at radius 3 is 2.56 bits per heavy atom. The van der Waals surface area contributed by atoms with Gasteiger partial charge in [-0.1, -0.05) is 20.8 Å². The molecule has 2 heteroatoms. The van der Waals surface area contributed by atoms with Crippen LogP contribution in [0.3, 0.4) is 0 Å². The van der Waals surface area contributed by atoms with Crippen LogP contribution in [0, 0.1) is 28.6 Å². The summed E-state index contributed by atoms with van der Waals surface area (Å²) < 4.78 is 5.62. The van der Waals surface area contributed by atoms with Crippen LogP contribution in [-0.2, 0) is 9.53 Å². The summed E-state index contributed by atoms with van der Waals surface area (Å²) in [7, 11) is 0. The lowest BCUT2D eigenvalue weighted by Crippen LogP contribution is -2.44. The molecule has 0 unspecified atom stereocenters. The Balaban J connectivity index is 1.81. The van der Waals surface area contributed by atoms with E-state index in [1.807, 2.05) is 0 Å². The summed E-state index contributed by atoms with van der Waals surface area (Å²) >= 11 is 0. The molecule has 0 spiro atoms. The van der Waals surface area contributed by atoms with Gasteiger partial charge in [-0.3, -0.25) is 4.79 Å². The Bertz CT molecular complexity index is 373. The first-order chi connectivity index (χ1) is 8.34. The van der Waals surface area contributed by atoms with Crippen LogP contribution >= 0.6 is 0 Å². The molecule has 0 aromatic rings. The minimum absolute atomic E-state index is 0.0959. The number of hydrogen-bond acceptors (Lipinski definition) is 2. The predicted octanol–water partition coefficient (Wildman–Crippen LogP) is 3.79. The van der Waals surface area contributed by atoms with E-state index in [2.05, 4.69) is 20.8 Å². The first-order valence-corrected chi connectivity index (χ1v) is 7.52. The van der Waals surface area contributed by atoms with Crippen LogP contribution in [0.1, 0.15) is 59.8 Å². The summed E-state index contributed by atoms with van der Waals surface area (Å²) in [5.41, 5.74) is 0.967. The van der Waals surface area contributed by atoms with Gasteiger partial charge in [0.1, 0.15) is 6.10 Å². The van der Waals surface area contributed by atoms with Crippen molar-refractivity contribution in [2.45, 2.75) is 65.9 Å². The van der Waals surface area contributed by atoms with Gasteiger partial charge in [-0.05, 0) is 54.8 Å². The van der Waals surface area contributed by atoms with Crippen LogP contribution in [0.2, 0.25) is 0 Å². The number of hydrogen-bond donors (Lipinski definition) is 0. The Morgan fingerprint density at radius 2 is 1.89 bits per heavy atom. The summed E-state index contributed by atoms with van der Waals surface area (Å²) in [6.07, 6.45) is 6.47. The fraction of sp³-hybridized carbons (Fsp3) is 0.938. The molecule has 0 N–H and O–H groups in total. The number of carbonyl (C=O) groups is 1. The number of fused-ring (bicyclic) bond motifs is 2. The highest BCUT2D eigenvalue weighted by molar-refractivity contribution is 5.66. The summed E-state index contributed by atoms with van der Waals surface area (Å²) in [5, 5.41) is 0. The second-order valence-electron chi connectivity index (χ2n) is 7.77. The molecule has 3 fully saturated rings. The van der Waals surface area contributed by atoms with Crippen molar-refractivity contribution in [1.82, 2.24) is 0 Å². The van der Waals surface area contributed by atoms with E-state index in [9.17, 15) is 4.79 Å². The molecule has 102 valence electrons. The normalized spacial score (nSPS) is 48.9.